The minimum atomic E-state index is 0.0632. The number of nitrogens with zero attached hydrogens (tertiary/aromatic N) is 2. The molecule has 0 aromatic heterocycles. The van der Waals surface area contributed by atoms with Crippen molar-refractivity contribution in [1.29, 1.82) is 0 Å². The molecule has 0 saturated carbocycles. The van der Waals surface area contributed by atoms with Crippen LogP contribution in [0.2, 0.25) is 5.02 Å². The number of halogens is 1. The van der Waals surface area contributed by atoms with Gasteiger partial charge in [-0.25, -0.2) is 0 Å². The minimum absolute atomic E-state index is 0.0632. The molecule has 0 saturated heterocycles. The van der Waals surface area contributed by atoms with Gasteiger partial charge in [-0.2, -0.15) is 0 Å². The summed E-state index contributed by atoms with van der Waals surface area (Å²) in [5.41, 5.74) is 6.35. The maximum absolute atomic E-state index is 14.0. The second-order valence-corrected chi connectivity index (χ2v) is 12.0. The highest BCUT2D eigenvalue weighted by Gasteiger charge is 2.27. The van der Waals surface area contributed by atoms with Crippen LogP contribution in [-0.2, 0) is 29.1 Å². The van der Waals surface area contributed by atoms with Crippen LogP contribution in [0, 0.1) is 0 Å². The number of hydrogen-bond acceptors (Lipinski definition) is 5. The second kappa shape index (κ2) is 17.0. The van der Waals surface area contributed by atoms with E-state index in [-0.39, 0.29) is 5.91 Å². The maximum atomic E-state index is 14.0. The summed E-state index contributed by atoms with van der Waals surface area (Å²) in [4.78, 5) is 18.2. The summed E-state index contributed by atoms with van der Waals surface area (Å²) in [7, 11) is 3.56. The Bertz CT molecular complexity index is 1590. The zero-order chi connectivity index (χ0) is 32.1. The first-order valence-corrected chi connectivity index (χ1v) is 16.3. The van der Waals surface area contributed by atoms with Crippen LogP contribution in [0.15, 0.2) is 109 Å². The summed E-state index contributed by atoms with van der Waals surface area (Å²) in [5.74, 6) is 1.71. The van der Waals surface area contributed by atoms with Crippen LogP contribution in [0.3, 0.4) is 0 Å². The Morgan fingerprint density at radius 2 is 1.59 bits per heavy atom. The molecule has 6 nitrogen and oxygen atoms in total. The van der Waals surface area contributed by atoms with Crippen molar-refractivity contribution < 1.29 is 19.0 Å². The quantitative estimate of drug-likeness (QED) is 0.125. The lowest BCUT2D eigenvalue weighted by atomic mass is 9.92. The van der Waals surface area contributed by atoms with Crippen LogP contribution < -0.4 is 9.47 Å². The van der Waals surface area contributed by atoms with E-state index in [1.165, 1.54) is 5.56 Å². The average Bonchev–Trinajstić information content (AvgIpc) is 3.10. The summed E-state index contributed by atoms with van der Waals surface area (Å²) in [6.45, 7) is 4.55. The van der Waals surface area contributed by atoms with Crippen LogP contribution in [0.5, 0.6) is 11.5 Å². The molecule has 0 spiro atoms. The van der Waals surface area contributed by atoms with Crippen LogP contribution in [0.25, 0.3) is 5.57 Å². The van der Waals surface area contributed by atoms with E-state index in [0.29, 0.717) is 39.3 Å². The molecule has 0 bridgehead atoms. The number of methoxy groups -OCH3 is 1. The van der Waals surface area contributed by atoms with E-state index in [1.807, 2.05) is 78.7 Å². The lowest BCUT2D eigenvalue weighted by Gasteiger charge is -2.32. The van der Waals surface area contributed by atoms with Crippen molar-refractivity contribution >= 4 is 23.1 Å². The van der Waals surface area contributed by atoms with Crippen molar-refractivity contribution in [3.05, 3.63) is 136 Å². The third-order valence-electron chi connectivity index (χ3n) is 8.31. The molecule has 0 N–H and O–H groups in total. The third-order valence-corrected chi connectivity index (χ3v) is 8.68. The highest BCUT2D eigenvalue weighted by molar-refractivity contribution is 6.31. The van der Waals surface area contributed by atoms with E-state index in [4.69, 9.17) is 25.8 Å². The van der Waals surface area contributed by atoms with Gasteiger partial charge in [0, 0.05) is 55.8 Å². The molecule has 0 aliphatic carbocycles. The largest absolute Gasteiger partial charge is 0.496 e. The molecule has 0 radical (unpaired) electrons. The molecule has 1 heterocycles. The monoisotopic (exact) mass is 638 g/mol. The van der Waals surface area contributed by atoms with Crippen LogP contribution >= 0.6 is 11.6 Å². The summed E-state index contributed by atoms with van der Waals surface area (Å²) in [6, 6.07) is 34.3. The predicted octanol–water partition coefficient (Wildman–Crippen LogP) is 7.69. The zero-order valence-corrected chi connectivity index (χ0v) is 27.5. The first-order chi connectivity index (χ1) is 22.5. The fourth-order valence-electron chi connectivity index (χ4n) is 5.74. The Morgan fingerprint density at radius 1 is 0.870 bits per heavy atom. The number of hydrogen-bond donors (Lipinski definition) is 0. The van der Waals surface area contributed by atoms with Gasteiger partial charge in [-0.3, -0.25) is 9.69 Å². The van der Waals surface area contributed by atoms with Crippen LogP contribution in [-0.4, -0.2) is 62.7 Å². The number of para-hydroxylation sites is 1. The predicted molar refractivity (Wildman–Crippen MR) is 185 cm³/mol. The van der Waals surface area contributed by atoms with Gasteiger partial charge in [0.15, 0.2) is 0 Å². The number of rotatable bonds is 15. The van der Waals surface area contributed by atoms with Gasteiger partial charge < -0.3 is 19.1 Å². The molecule has 240 valence electrons. The standard InChI is InChI=1S/C39H43ClN2O4/c1-41(23-21-32-13-6-8-15-37(32)40)39(43)36-28-42(27-30-11-4-3-5-12-30)24-22-35(36)31-17-19-34(20-18-31)46-26-10-25-45-29-33-14-7-9-16-38(33)44-2/h3-9,11-20H,10,21-29H2,1-2H3. The highest BCUT2D eigenvalue weighted by atomic mass is 35.5. The van der Waals surface area contributed by atoms with Gasteiger partial charge in [-0.1, -0.05) is 90.5 Å². The van der Waals surface area contributed by atoms with E-state index in [2.05, 4.69) is 41.3 Å². The fraction of sp³-hybridized carbons (Fsp3) is 0.308. The minimum Gasteiger partial charge on any atom is -0.496 e. The Hall–Kier alpha value is -4.10. The van der Waals surface area contributed by atoms with Gasteiger partial charge in [0.05, 0.1) is 26.9 Å². The molecule has 7 heteroatoms. The molecule has 0 atom stereocenters. The van der Waals surface area contributed by atoms with E-state index < -0.39 is 0 Å². The normalized spacial score (nSPS) is 13.5. The number of carbonyl (C=O) groups excluding carboxylic acids is 1. The SMILES string of the molecule is COc1ccccc1COCCCOc1ccc(C2=C(C(=O)N(C)CCc3ccccc3Cl)CN(Cc3ccccc3)CC2)cc1. The first kappa shape index (κ1) is 33.3. The van der Waals surface area contributed by atoms with Gasteiger partial charge in [-0.05, 0) is 59.4 Å². The molecule has 0 fully saturated rings. The molecule has 1 amide bonds. The molecule has 46 heavy (non-hydrogen) atoms. The smallest absolute Gasteiger partial charge is 0.251 e. The van der Waals surface area contributed by atoms with Crippen molar-refractivity contribution in [3.8, 4) is 11.5 Å². The number of amides is 1. The van der Waals surface area contributed by atoms with Crippen molar-refractivity contribution in [2.75, 3.05) is 47.0 Å². The number of benzene rings is 4. The zero-order valence-electron chi connectivity index (χ0n) is 26.8. The topological polar surface area (TPSA) is 51.2 Å². The third kappa shape index (κ3) is 9.23. The van der Waals surface area contributed by atoms with Crippen molar-refractivity contribution in [2.24, 2.45) is 0 Å². The molecule has 1 aliphatic heterocycles. The van der Waals surface area contributed by atoms with E-state index in [9.17, 15) is 4.79 Å². The molecule has 0 unspecified atom stereocenters. The Balaban J connectivity index is 1.21. The highest BCUT2D eigenvalue weighted by Crippen LogP contribution is 2.31. The number of ether oxygens (including phenoxy) is 3. The maximum Gasteiger partial charge on any atom is 0.251 e. The van der Waals surface area contributed by atoms with Crippen molar-refractivity contribution in [1.82, 2.24) is 9.80 Å². The molecular formula is C39H43ClN2O4. The number of carbonyl (C=O) groups is 1. The van der Waals surface area contributed by atoms with Crippen LogP contribution in [0.1, 0.15) is 35.1 Å². The van der Waals surface area contributed by atoms with Gasteiger partial charge in [0.25, 0.3) is 5.91 Å². The molecule has 5 rings (SSSR count). The Kier molecular flexibility index (Phi) is 12.3. The lowest BCUT2D eigenvalue weighted by molar-refractivity contribution is -0.126. The average molecular weight is 639 g/mol. The summed E-state index contributed by atoms with van der Waals surface area (Å²) in [5, 5.41) is 0.734. The van der Waals surface area contributed by atoms with E-state index >= 15 is 0 Å². The summed E-state index contributed by atoms with van der Waals surface area (Å²) in [6.07, 6.45) is 2.28. The molecule has 4 aromatic carbocycles. The van der Waals surface area contributed by atoms with E-state index in [0.717, 1.165) is 70.3 Å². The second-order valence-electron chi connectivity index (χ2n) is 11.6. The molecular weight excluding hydrogens is 596 g/mol. The Labute approximate surface area is 278 Å². The van der Waals surface area contributed by atoms with Crippen LogP contribution in [0.4, 0.5) is 0 Å². The summed E-state index contributed by atoms with van der Waals surface area (Å²) < 4.78 is 17.2. The van der Waals surface area contributed by atoms with Crippen molar-refractivity contribution in [2.45, 2.75) is 32.4 Å². The number of likely N-dealkylation sites (N-methyl/N-ethyl adjacent to an activating group) is 1. The molecule has 4 aromatic rings. The Morgan fingerprint density at radius 3 is 2.35 bits per heavy atom. The lowest BCUT2D eigenvalue weighted by Crippen LogP contribution is -2.39. The van der Waals surface area contributed by atoms with Gasteiger partial charge in [-0.15, -0.1) is 0 Å². The van der Waals surface area contributed by atoms with Gasteiger partial charge >= 0.3 is 0 Å². The van der Waals surface area contributed by atoms with Crippen molar-refractivity contribution in [3.63, 3.8) is 0 Å². The fourth-order valence-corrected chi connectivity index (χ4v) is 5.97. The first-order valence-electron chi connectivity index (χ1n) is 15.9. The molecule has 1 aliphatic rings. The summed E-state index contributed by atoms with van der Waals surface area (Å²) >= 11 is 6.40. The van der Waals surface area contributed by atoms with Gasteiger partial charge in [0.2, 0.25) is 0 Å². The van der Waals surface area contributed by atoms with E-state index in [1.54, 1.807) is 7.11 Å². The van der Waals surface area contributed by atoms with Gasteiger partial charge in [0.1, 0.15) is 11.5 Å².